The largest absolute Gasteiger partial charge is 0.388 e. The minimum absolute atomic E-state index is 0.0300. The van der Waals surface area contributed by atoms with Gasteiger partial charge in [0.05, 0.1) is 0 Å². The smallest absolute Gasteiger partial charge is 0.195 e. The molecule has 2 N–H and O–H groups in total. The van der Waals surface area contributed by atoms with Gasteiger partial charge in [0.25, 0.3) is 0 Å². The lowest BCUT2D eigenvalue weighted by molar-refractivity contribution is -0.330. The quantitative estimate of drug-likeness (QED) is 0.700. The van der Waals surface area contributed by atoms with E-state index in [1.807, 2.05) is 6.92 Å². The minimum Gasteiger partial charge on any atom is -0.388 e. The molecule has 5 nitrogen and oxygen atoms in total. The lowest BCUT2D eigenvalue weighted by Crippen LogP contribution is -2.67. The summed E-state index contributed by atoms with van der Waals surface area (Å²) in [5.74, 6) is -0.0399. The van der Waals surface area contributed by atoms with Crippen molar-refractivity contribution in [1.29, 1.82) is 0 Å². The molecule has 4 rings (SSSR count). The summed E-state index contributed by atoms with van der Waals surface area (Å²) in [6, 6.07) is 0. The summed E-state index contributed by atoms with van der Waals surface area (Å²) in [6.07, 6.45) is 0.804. The first kappa shape index (κ1) is 13.5. The summed E-state index contributed by atoms with van der Waals surface area (Å²) < 4.78 is 18.0. The fraction of sp³-hybridized carbons (Fsp3) is 1.00. The van der Waals surface area contributed by atoms with Crippen LogP contribution in [0.1, 0.15) is 40.0 Å². The van der Waals surface area contributed by atoms with Gasteiger partial charge in [0, 0.05) is 11.8 Å². The van der Waals surface area contributed by atoms with Gasteiger partial charge in [0.15, 0.2) is 18.4 Å². The molecule has 9 atom stereocenters. The van der Waals surface area contributed by atoms with E-state index in [1.165, 1.54) is 0 Å². The molecule has 3 aliphatic heterocycles. The number of aliphatic hydroxyl groups excluding tert-OH is 2. The summed E-state index contributed by atoms with van der Waals surface area (Å²) in [5, 5.41) is 20.5. The molecule has 0 amide bonds. The molecule has 1 spiro atoms. The molecule has 1 saturated carbocycles. The fourth-order valence-corrected chi connectivity index (χ4v) is 5.09. The third kappa shape index (κ3) is 1.40. The molecule has 1 aliphatic carbocycles. The van der Waals surface area contributed by atoms with Crippen LogP contribution in [0.3, 0.4) is 0 Å². The van der Waals surface area contributed by atoms with Gasteiger partial charge in [0.2, 0.25) is 0 Å². The molecular weight excluding hydrogens is 260 g/mol. The van der Waals surface area contributed by atoms with Crippen LogP contribution < -0.4 is 0 Å². The van der Waals surface area contributed by atoms with E-state index < -0.39 is 30.1 Å². The van der Waals surface area contributed by atoms with Crippen molar-refractivity contribution in [3.63, 3.8) is 0 Å². The molecule has 3 heterocycles. The highest BCUT2D eigenvalue weighted by molar-refractivity contribution is 5.14. The van der Waals surface area contributed by atoms with E-state index in [2.05, 4.69) is 6.92 Å². The molecule has 3 saturated heterocycles. The van der Waals surface area contributed by atoms with Crippen LogP contribution in [0.25, 0.3) is 0 Å². The number of hydrogen-bond acceptors (Lipinski definition) is 5. The summed E-state index contributed by atoms with van der Waals surface area (Å²) >= 11 is 0. The lowest BCUT2D eigenvalue weighted by Gasteiger charge is -2.58. The molecule has 2 bridgehead atoms. The van der Waals surface area contributed by atoms with Gasteiger partial charge in [-0.15, -0.1) is 0 Å². The minimum atomic E-state index is -1.000. The Labute approximate surface area is 119 Å². The third-order valence-corrected chi connectivity index (χ3v) is 6.30. The predicted octanol–water partition coefficient (Wildman–Crippen LogP) is 1.23. The molecule has 20 heavy (non-hydrogen) atoms. The van der Waals surface area contributed by atoms with Crippen LogP contribution in [0, 0.1) is 23.7 Å². The lowest BCUT2D eigenvalue weighted by atomic mass is 9.57. The van der Waals surface area contributed by atoms with Crippen LogP contribution in [-0.4, -0.2) is 40.3 Å². The molecule has 114 valence electrons. The predicted molar refractivity (Wildman–Crippen MR) is 69.4 cm³/mol. The Kier molecular flexibility index (Phi) is 2.66. The number of aliphatic hydroxyl groups is 2. The Morgan fingerprint density at radius 2 is 1.85 bits per heavy atom. The highest BCUT2D eigenvalue weighted by Gasteiger charge is 2.73. The second-order valence-corrected chi connectivity index (χ2v) is 7.33. The highest BCUT2D eigenvalue weighted by Crippen LogP contribution is 2.63. The maximum atomic E-state index is 10.4. The molecule has 0 aromatic heterocycles. The van der Waals surface area contributed by atoms with Gasteiger partial charge in [-0.2, -0.15) is 0 Å². The van der Waals surface area contributed by atoms with E-state index in [0.29, 0.717) is 12.3 Å². The zero-order valence-corrected chi connectivity index (χ0v) is 12.3. The second kappa shape index (κ2) is 3.96. The van der Waals surface area contributed by atoms with Gasteiger partial charge in [-0.1, -0.05) is 13.8 Å². The molecule has 4 aliphatic rings. The topological polar surface area (TPSA) is 68.2 Å². The van der Waals surface area contributed by atoms with E-state index in [1.54, 1.807) is 6.92 Å². The third-order valence-electron chi connectivity index (χ3n) is 6.30. The van der Waals surface area contributed by atoms with Gasteiger partial charge in [0.1, 0.15) is 11.7 Å². The Hall–Kier alpha value is -0.200. The van der Waals surface area contributed by atoms with E-state index >= 15 is 0 Å². The van der Waals surface area contributed by atoms with Crippen LogP contribution in [0.4, 0.5) is 0 Å². The highest BCUT2D eigenvalue weighted by atomic mass is 16.9. The zero-order valence-electron chi connectivity index (χ0n) is 12.3. The van der Waals surface area contributed by atoms with Gasteiger partial charge in [-0.05, 0) is 38.0 Å². The van der Waals surface area contributed by atoms with Crippen molar-refractivity contribution < 1.29 is 24.4 Å². The normalized spacial score (nSPS) is 65.0. The van der Waals surface area contributed by atoms with E-state index in [9.17, 15) is 10.2 Å². The van der Waals surface area contributed by atoms with Crippen molar-refractivity contribution >= 4 is 0 Å². The summed E-state index contributed by atoms with van der Waals surface area (Å²) in [7, 11) is 0. The first-order valence-electron chi connectivity index (χ1n) is 7.78. The van der Waals surface area contributed by atoms with E-state index in [0.717, 1.165) is 12.8 Å². The van der Waals surface area contributed by atoms with Crippen LogP contribution in [-0.2, 0) is 14.2 Å². The SMILES string of the molecule is C[C@H]1[C@H](O)O[C@@H]2O[C@]3(C)O[C@]24[C@H]1CC[C@@H](C)[C@@H]4C[C@H]3O. The van der Waals surface area contributed by atoms with Crippen molar-refractivity contribution in [2.45, 2.75) is 70.1 Å². The molecule has 0 radical (unpaired) electrons. The molecule has 0 aromatic rings. The average molecular weight is 284 g/mol. The first-order valence-corrected chi connectivity index (χ1v) is 7.78. The fourth-order valence-electron chi connectivity index (χ4n) is 5.09. The van der Waals surface area contributed by atoms with Crippen molar-refractivity contribution in [3.05, 3.63) is 0 Å². The van der Waals surface area contributed by atoms with Crippen molar-refractivity contribution in [3.8, 4) is 0 Å². The van der Waals surface area contributed by atoms with Gasteiger partial charge in [-0.25, -0.2) is 0 Å². The maximum absolute atomic E-state index is 10.4. The Balaban J connectivity index is 1.83. The summed E-state index contributed by atoms with van der Waals surface area (Å²) in [6.45, 7) is 6.04. The van der Waals surface area contributed by atoms with Gasteiger partial charge in [-0.3, -0.25) is 0 Å². The van der Waals surface area contributed by atoms with Crippen LogP contribution in [0.5, 0.6) is 0 Å². The van der Waals surface area contributed by atoms with Crippen LogP contribution in [0.2, 0.25) is 0 Å². The van der Waals surface area contributed by atoms with Crippen LogP contribution >= 0.6 is 0 Å². The number of rotatable bonds is 0. The van der Waals surface area contributed by atoms with E-state index in [-0.39, 0.29) is 17.8 Å². The summed E-state index contributed by atoms with van der Waals surface area (Å²) in [5.41, 5.74) is -0.496. The number of ether oxygens (including phenoxy) is 3. The van der Waals surface area contributed by atoms with Crippen molar-refractivity contribution in [1.82, 2.24) is 0 Å². The Bertz CT molecular complexity index is 424. The average Bonchev–Trinajstić information content (AvgIpc) is 2.64. The molecule has 0 unspecified atom stereocenters. The number of hydrogen-bond donors (Lipinski definition) is 2. The summed E-state index contributed by atoms with van der Waals surface area (Å²) in [4.78, 5) is 0. The van der Waals surface area contributed by atoms with Crippen LogP contribution in [0.15, 0.2) is 0 Å². The standard InChI is InChI=1S/C15H24O5/c1-7-4-5-9-8(2)12(17)18-13-15(9)10(7)6-11(16)14(3,19-13)20-15/h7-13,16-17H,4-6H2,1-3H3/t7-,8-,9+,10+,11-,12-,13-,14-,15+/m1/s1. The molecule has 0 aromatic carbocycles. The Morgan fingerprint density at radius 3 is 2.60 bits per heavy atom. The molecular formula is C15H24O5. The van der Waals surface area contributed by atoms with Gasteiger partial charge >= 0.3 is 0 Å². The first-order chi connectivity index (χ1) is 9.38. The maximum Gasteiger partial charge on any atom is 0.195 e. The van der Waals surface area contributed by atoms with Gasteiger partial charge < -0.3 is 24.4 Å². The number of fused-ring (bicyclic) bond motifs is 1. The van der Waals surface area contributed by atoms with Crippen molar-refractivity contribution in [2.24, 2.45) is 23.7 Å². The zero-order chi connectivity index (χ0) is 14.3. The van der Waals surface area contributed by atoms with E-state index in [4.69, 9.17) is 14.2 Å². The molecule has 4 fully saturated rings. The second-order valence-electron chi connectivity index (χ2n) is 7.33. The monoisotopic (exact) mass is 284 g/mol. The van der Waals surface area contributed by atoms with Crippen molar-refractivity contribution in [2.75, 3.05) is 0 Å². The molecule has 5 heteroatoms. The Morgan fingerprint density at radius 1 is 1.10 bits per heavy atom.